The Morgan fingerprint density at radius 2 is 1.88 bits per heavy atom. The molecule has 0 bridgehead atoms. The fraction of sp³-hybridized carbons (Fsp3) is 0.316. The lowest BCUT2D eigenvalue weighted by molar-refractivity contribution is 0.0983. The van der Waals surface area contributed by atoms with Crippen LogP contribution in [0.5, 0.6) is 5.75 Å². The van der Waals surface area contributed by atoms with Gasteiger partial charge in [-0.3, -0.25) is 9.59 Å². The Morgan fingerprint density at radius 1 is 1.16 bits per heavy atom. The van der Waals surface area contributed by atoms with Crippen molar-refractivity contribution in [3.8, 4) is 5.75 Å². The highest BCUT2D eigenvalue weighted by Gasteiger charge is 2.18. The van der Waals surface area contributed by atoms with Crippen LogP contribution in [0.3, 0.4) is 0 Å². The summed E-state index contributed by atoms with van der Waals surface area (Å²) in [6.45, 7) is 6.59. The van der Waals surface area contributed by atoms with Gasteiger partial charge in [0.25, 0.3) is 0 Å². The van der Waals surface area contributed by atoms with Crippen molar-refractivity contribution in [1.29, 1.82) is 0 Å². The van der Waals surface area contributed by atoms with Gasteiger partial charge in [-0.2, -0.15) is 0 Å². The van der Waals surface area contributed by atoms with E-state index in [1.54, 1.807) is 31.2 Å². The van der Waals surface area contributed by atoms with Crippen LogP contribution < -0.4 is 10.2 Å². The van der Waals surface area contributed by atoms with E-state index >= 15 is 0 Å². The van der Waals surface area contributed by atoms with Gasteiger partial charge in [-0.1, -0.05) is 18.5 Å². The van der Waals surface area contributed by atoms with Gasteiger partial charge in [0.15, 0.2) is 17.0 Å². The first kappa shape index (κ1) is 17.4. The fourth-order valence-electron chi connectivity index (χ4n) is 3.01. The van der Waals surface area contributed by atoms with Crippen molar-refractivity contribution in [2.24, 2.45) is 0 Å². The Labute approximate surface area is 150 Å². The molecule has 1 aromatic carbocycles. The molecule has 3 rings (SSSR count). The smallest absolute Gasteiger partial charge is 0.198 e. The van der Waals surface area contributed by atoms with E-state index < -0.39 is 0 Å². The second kappa shape index (κ2) is 6.84. The third kappa shape index (κ3) is 2.78. The summed E-state index contributed by atoms with van der Waals surface area (Å²) < 4.78 is 7.59. The van der Waals surface area contributed by atoms with Crippen LogP contribution in [0.4, 0.5) is 0 Å². The van der Waals surface area contributed by atoms with E-state index in [4.69, 9.17) is 16.3 Å². The van der Waals surface area contributed by atoms with Gasteiger partial charge in [-0.05, 0) is 38.1 Å². The molecular weight excluding hydrogens is 340 g/mol. The van der Waals surface area contributed by atoms with E-state index in [0.29, 0.717) is 58.0 Å². The highest BCUT2D eigenvalue weighted by Crippen LogP contribution is 2.34. The van der Waals surface area contributed by atoms with Gasteiger partial charge < -0.3 is 9.30 Å². The number of aryl methyl sites for hydroxylation is 1. The summed E-state index contributed by atoms with van der Waals surface area (Å²) in [6, 6.07) is 6.67. The van der Waals surface area contributed by atoms with Crippen molar-refractivity contribution in [1.82, 2.24) is 9.55 Å². The van der Waals surface area contributed by atoms with Crippen LogP contribution in [0.2, 0.25) is 5.02 Å². The quantitative estimate of drug-likeness (QED) is 0.506. The maximum atomic E-state index is 12.9. The number of Topliss-reactive ketones (excluding diaryl/α,β-unsaturated/α-hetero) is 1. The minimum Gasteiger partial charge on any atom is -0.490 e. The molecule has 0 atom stereocenters. The summed E-state index contributed by atoms with van der Waals surface area (Å²) in [5, 5.41) is 1.45. The lowest BCUT2D eigenvalue weighted by Gasteiger charge is -2.17. The number of fused-ring (bicyclic) bond motifs is 2. The molecule has 0 aliphatic carbocycles. The number of aromatic nitrogens is 2. The predicted octanol–water partition coefficient (Wildman–Crippen LogP) is 4.21. The van der Waals surface area contributed by atoms with E-state index in [1.807, 2.05) is 18.4 Å². The first-order valence-corrected chi connectivity index (χ1v) is 8.72. The molecule has 0 spiro atoms. The zero-order valence-corrected chi connectivity index (χ0v) is 15.2. The molecule has 6 heteroatoms. The molecule has 0 saturated carbocycles. The van der Waals surface area contributed by atoms with Crippen LogP contribution in [-0.2, 0) is 6.54 Å². The van der Waals surface area contributed by atoms with Crippen LogP contribution in [0.15, 0.2) is 29.1 Å². The van der Waals surface area contributed by atoms with Crippen molar-refractivity contribution in [3.05, 3.63) is 45.2 Å². The summed E-state index contributed by atoms with van der Waals surface area (Å²) in [5.74, 6) is 0.407. The summed E-state index contributed by atoms with van der Waals surface area (Å²) >= 11 is 6.30. The van der Waals surface area contributed by atoms with E-state index in [1.165, 1.54) is 0 Å². The number of ketones is 1. The zero-order valence-electron chi connectivity index (χ0n) is 14.4. The monoisotopic (exact) mass is 358 g/mol. The van der Waals surface area contributed by atoms with Crippen LogP contribution in [0.1, 0.15) is 37.7 Å². The number of carbonyl (C=O) groups excluding carboxylic acids is 1. The summed E-state index contributed by atoms with van der Waals surface area (Å²) in [6.07, 6.45) is 0.360. The number of hydrogen-bond donors (Lipinski definition) is 0. The Bertz CT molecular complexity index is 1040. The average molecular weight is 359 g/mol. The lowest BCUT2D eigenvalue weighted by atomic mass is 10.1. The van der Waals surface area contributed by atoms with E-state index in [0.717, 1.165) is 0 Å². The van der Waals surface area contributed by atoms with Crippen LogP contribution >= 0.6 is 11.6 Å². The molecule has 130 valence electrons. The second-order valence-corrected chi connectivity index (χ2v) is 6.03. The van der Waals surface area contributed by atoms with Crippen molar-refractivity contribution in [3.63, 3.8) is 0 Å². The van der Waals surface area contributed by atoms with Crippen molar-refractivity contribution in [2.45, 2.75) is 33.7 Å². The standard InChI is InChI=1S/C19H19ClN2O3/c1-4-15(23)14-10-8-12-17(24)11-7-9-13(20)18(25-6-3)16(11)22(5-2)19(12)21-14/h7-10H,4-6H2,1-3H3. The Hall–Kier alpha value is -2.40. The van der Waals surface area contributed by atoms with Gasteiger partial charge in [0.05, 0.1) is 27.9 Å². The molecule has 0 saturated heterocycles. The number of ether oxygens (including phenoxy) is 1. The van der Waals surface area contributed by atoms with Crippen molar-refractivity contribution < 1.29 is 9.53 Å². The van der Waals surface area contributed by atoms with Crippen LogP contribution in [0, 0.1) is 0 Å². The Kier molecular flexibility index (Phi) is 4.77. The summed E-state index contributed by atoms with van der Waals surface area (Å²) in [7, 11) is 0. The molecule has 0 radical (unpaired) electrons. The number of halogens is 1. The minimum absolute atomic E-state index is 0.0618. The normalized spacial score (nSPS) is 11.2. The SMILES string of the molecule is CCOc1c(Cl)ccc2c(=O)c3ccc(C(=O)CC)nc3n(CC)c12. The lowest BCUT2D eigenvalue weighted by Crippen LogP contribution is -2.15. The second-order valence-electron chi connectivity index (χ2n) is 5.62. The maximum Gasteiger partial charge on any atom is 0.198 e. The van der Waals surface area contributed by atoms with Crippen molar-refractivity contribution in [2.75, 3.05) is 6.61 Å². The topological polar surface area (TPSA) is 61.2 Å². The van der Waals surface area contributed by atoms with E-state index in [2.05, 4.69) is 4.98 Å². The number of rotatable bonds is 5. The molecule has 0 aliphatic rings. The molecule has 25 heavy (non-hydrogen) atoms. The summed E-state index contributed by atoms with van der Waals surface area (Å²) in [4.78, 5) is 29.4. The van der Waals surface area contributed by atoms with Gasteiger partial charge in [0.1, 0.15) is 11.3 Å². The van der Waals surface area contributed by atoms with E-state index in [-0.39, 0.29) is 11.2 Å². The minimum atomic E-state index is -0.143. The molecule has 0 amide bonds. The highest BCUT2D eigenvalue weighted by atomic mass is 35.5. The fourth-order valence-corrected chi connectivity index (χ4v) is 3.21. The Balaban J connectivity index is 2.52. The predicted molar refractivity (Wildman–Crippen MR) is 100.0 cm³/mol. The van der Waals surface area contributed by atoms with E-state index in [9.17, 15) is 9.59 Å². The molecule has 0 unspecified atom stereocenters. The molecule has 5 nitrogen and oxygen atoms in total. The molecule has 3 aromatic rings. The molecule has 0 N–H and O–H groups in total. The average Bonchev–Trinajstić information content (AvgIpc) is 2.63. The van der Waals surface area contributed by atoms with Crippen molar-refractivity contribution >= 4 is 39.3 Å². The third-order valence-corrected chi connectivity index (χ3v) is 4.48. The molecular formula is C19H19ClN2O3. The van der Waals surface area contributed by atoms with Gasteiger partial charge in [0, 0.05) is 13.0 Å². The molecule has 0 fully saturated rings. The molecule has 2 heterocycles. The van der Waals surface area contributed by atoms with Gasteiger partial charge in [-0.25, -0.2) is 4.98 Å². The molecule has 2 aromatic heterocycles. The van der Waals surface area contributed by atoms with Gasteiger partial charge in [-0.15, -0.1) is 0 Å². The number of carbonyl (C=O) groups is 1. The first-order valence-electron chi connectivity index (χ1n) is 8.35. The van der Waals surface area contributed by atoms with Gasteiger partial charge in [0.2, 0.25) is 0 Å². The number of benzene rings is 1. The highest BCUT2D eigenvalue weighted by molar-refractivity contribution is 6.33. The van der Waals surface area contributed by atoms with Crippen LogP contribution in [0.25, 0.3) is 21.9 Å². The number of nitrogens with zero attached hydrogens (tertiary/aromatic N) is 2. The maximum absolute atomic E-state index is 12.9. The van der Waals surface area contributed by atoms with Crippen LogP contribution in [-0.4, -0.2) is 21.9 Å². The third-order valence-electron chi connectivity index (χ3n) is 4.19. The Morgan fingerprint density at radius 3 is 2.52 bits per heavy atom. The largest absolute Gasteiger partial charge is 0.490 e. The first-order chi connectivity index (χ1) is 12.0. The van der Waals surface area contributed by atoms with Gasteiger partial charge >= 0.3 is 0 Å². The molecule has 0 aliphatic heterocycles. The summed E-state index contributed by atoms with van der Waals surface area (Å²) in [5.41, 5.74) is 1.30. The number of pyridine rings is 2. The zero-order chi connectivity index (χ0) is 18.1. The number of hydrogen-bond acceptors (Lipinski definition) is 4.